The van der Waals surface area contributed by atoms with Crippen LogP contribution in [-0.2, 0) is 16.6 Å². The zero-order valence-electron chi connectivity index (χ0n) is 11.3. The third kappa shape index (κ3) is 2.11. The molecule has 106 valence electrons. The van der Waals surface area contributed by atoms with Gasteiger partial charge in [-0.25, -0.2) is 8.42 Å². The maximum absolute atomic E-state index is 12.7. The van der Waals surface area contributed by atoms with Crippen LogP contribution in [0.15, 0.2) is 15.4 Å². The van der Waals surface area contributed by atoms with Crippen molar-refractivity contribution in [3.63, 3.8) is 0 Å². The lowest BCUT2D eigenvalue weighted by molar-refractivity contribution is 0.332. The predicted molar refractivity (Wildman–Crippen MR) is 71.2 cm³/mol. The number of fused-ring (bicyclic) bond motifs is 2. The Bertz CT molecular complexity index is 579. The van der Waals surface area contributed by atoms with Crippen LogP contribution in [-0.4, -0.2) is 32.4 Å². The van der Waals surface area contributed by atoms with Gasteiger partial charge in [0.2, 0.25) is 10.0 Å². The van der Waals surface area contributed by atoms with Crippen LogP contribution in [0.5, 0.6) is 0 Å². The molecular weight excluding hydrogens is 264 g/mol. The van der Waals surface area contributed by atoms with Gasteiger partial charge in [0.1, 0.15) is 16.4 Å². The van der Waals surface area contributed by atoms with Crippen molar-refractivity contribution in [2.45, 2.75) is 43.7 Å². The molecule has 5 nitrogen and oxygen atoms in total. The standard InChI is InChI=1S/C13H20N2O3S/c1-9-13(6-12(18-9)7-14-2)19(16,17)15-8-10-3-4-11(15)5-10/h6,10-11,14H,3-5,7-8H2,1-2H3. The van der Waals surface area contributed by atoms with Crippen molar-refractivity contribution in [3.05, 3.63) is 17.6 Å². The Kier molecular flexibility index (Phi) is 3.19. The molecule has 1 saturated carbocycles. The fraction of sp³-hybridized carbons (Fsp3) is 0.692. The van der Waals surface area contributed by atoms with Crippen molar-refractivity contribution < 1.29 is 12.8 Å². The van der Waals surface area contributed by atoms with Crippen LogP contribution in [0.25, 0.3) is 0 Å². The van der Waals surface area contributed by atoms with E-state index in [0.29, 0.717) is 35.4 Å². The predicted octanol–water partition coefficient (Wildman–Crippen LogP) is 1.48. The lowest BCUT2D eigenvalue weighted by Gasteiger charge is -2.25. The number of furan rings is 1. The van der Waals surface area contributed by atoms with E-state index in [-0.39, 0.29) is 6.04 Å². The summed E-state index contributed by atoms with van der Waals surface area (Å²) in [4.78, 5) is 0.338. The molecule has 2 aliphatic rings. The number of hydrogen-bond acceptors (Lipinski definition) is 4. The van der Waals surface area contributed by atoms with Gasteiger partial charge in [-0.1, -0.05) is 0 Å². The molecular formula is C13H20N2O3S. The summed E-state index contributed by atoms with van der Waals surface area (Å²) in [6, 6.07) is 1.87. The second-order valence-corrected chi connectivity index (χ2v) is 7.43. The van der Waals surface area contributed by atoms with Gasteiger partial charge in [-0.2, -0.15) is 4.31 Å². The van der Waals surface area contributed by atoms with Gasteiger partial charge in [-0.3, -0.25) is 0 Å². The molecule has 2 unspecified atom stereocenters. The van der Waals surface area contributed by atoms with Crippen LogP contribution in [0.4, 0.5) is 0 Å². The molecule has 3 rings (SSSR count). The number of piperidine rings is 1. The molecule has 1 aliphatic carbocycles. The highest BCUT2D eigenvalue weighted by molar-refractivity contribution is 7.89. The van der Waals surface area contributed by atoms with E-state index in [2.05, 4.69) is 5.32 Å². The Balaban J connectivity index is 1.92. The van der Waals surface area contributed by atoms with Crippen LogP contribution in [0, 0.1) is 12.8 Å². The van der Waals surface area contributed by atoms with Crippen molar-refractivity contribution in [2.75, 3.05) is 13.6 Å². The summed E-state index contributed by atoms with van der Waals surface area (Å²) in [6.07, 6.45) is 3.20. The Morgan fingerprint density at radius 3 is 2.84 bits per heavy atom. The highest BCUT2D eigenvalue weighted by Crippen LogP contribution is 2.41. The minimum Gasteiger partial charge on any atom is -0.464 e. The first-order valence-electron chi connectivity index (χ1n) is 6.78. The first-order valence-corrected chi connectivity index (χ1v) is 8.22. The van der Waals surface area contributed by atoms with Gasteiger partial charge in [0.05, 0.1) is 6.54 Å². The van der Waals surface area contributed by atoms with Crippen LogP contribution in [0.1, 0.15) is 30.8 Å². The number of rotatable bonds is 4. The van der Waals surface area contributed by atoms with Crippen molar-refractivity contribution in [1.29, 1.82) is 0 Å². The van der Waals surface area contributed by atoms with Crippen molar-refractivity contribution in [3.8, 4) is 0 Å². The molecule has 0 aromatic carbocycles. The van der Waals surface area contributed by atoms with E-state index in [4.69, 9.17) is 4.42 Å². The minimum atomic E-state index is -3.39. The average molecular weight is 284 g/mol. The van der Waals surface area contributed by atoms with E-state index < -0.39 is 10.0 Å². The van der Waals surface area contributed by atoms with E-state index >= 15 is 0 Å². The SMILES string of the molecule is CNCc1cc(S(=O)(=O)N2CC3CCC2C3)c(C)o1. The van der Waals surface area contributed by atoms with Gasteiger partial charge in [-0.05, 0) is 39.2 Å². The lowest BCUT2D eigenvalue weighted by Crippen LogP contribution is -2.37. The first kappa shape index (κ1) is 13.1. The molecule has 2 heterocycles. The highest BCUT2D eigenvalue weighted by atomic mass is 32.2. The first-order chi connectivity index (χ1) is 9.02. The number of nitrogens with one attached hydrogen (secondary N) is 1. The third-order valence-electron chi connectivity index (χ3n) is 4.22. The summed E-state index contributed by atoms with van der Waals surface area (Å²) < 4.78 is 32.6. The average Bonchev–Trinajstić information content (AvgIpc) is 3.04. The van der Waals surface area contributed by atoms with Gasteiger partial charge in [0, 0.05) is 18.7 Å². The summed E-state index contributed by atoms with van der Waals surface area (Å²) in [5.74, 6) is 1.72. The molecule has 1 aliphatic heterocycles. The maximum Gasteiger partial charge on any atom is 0.246 e. The molecule has 1 aromatic rings. The molecule has 1 N–H and O–H groups in total. The Morgan fingerprint density at radius 1 is 1.47 bits per heavy atom. The lowest BCUT2D eigenvalue weighted by atomic mass is 10.1. The highest BCUT2D eigenvalue weighted by Gasteiger charge is 2.45. The summed E-state index contributed by atoms with van der Waals surface area (Å²) in [6.45, 7) is 2.95. The largest absolute Gasteiger partial charge is 0.464 e. The molecule has 1 saturated heterocycles. The third-order valence-corrected chi connectivity index (χ3v) is 6.25. The second-order valence-electron chi connectivity index (χ2n) is 5.57. The van der Waals surface area contributed by atoms with E-state index in [9.17, 15) is 8.42 Å². The number of hydrogen-bond donors (Lipinski definition) is 1. The summed E-state index contributed by atoms with van der Waals surface area (Å²) in [5, 5.41) is 2.97. The van der Waals surface area contributed by atoms with E-state index in [1.54, 1.807) is 17.3 Å². The maximum atomic E-state index is 12.7. The summed E-state index contributed by atoms with van der Waals surface area (Å²) in [7, 11) is -1.57. The molecule has 6 heteroatoms. The molecule has 2 fully saturated rings. The number of sulfonamides is 1. The topological polar surface area (TPSA) is 62.6 Å². The normalized spacial score (nSPS) is 27.3. The molecule has 0 radical (unpaired) electrons. The molecule has 0 amide bonds. The van der Waals surface area contributed by atoms with Gasteiger partial charge in [0.25, 0.3) is 0 Å². The number of aryl methyl sites for hydroxylation is 1. The van der Waals surface area contributed by atoms with E-state index in [1.807, 2.05) is 7.05 Å². The van der Waals surface area contributed by atoms with Gasteiger partial charge >= 0.3 is 0 Å². The van der Waals surface area contributed by atoms with Crippen LogP contribution >= 0.6 is 0 Å². The smallest absolute Gasteiger partial charge is 0.246 e. The number of nitrogens with zero attached hydrogens (tertiary/aromatic N) is 1. The summed E-state index contributed by atoms with van der Waals surface area (Å²) >= 11 is 0. The van der Waals surface area contributed by atoms with Crippen LogP contribution < -0.4 is 5.32 Å². The van der Waals surface area contributed by atoms with Gasteiger partial charge in [0.15, 0.2) is 0 Å². The zero-order chi connectivity index (χ0) is 13.6. The van der Waals surface area contributed by atoms with E-state index in [1.165, 1.54) is 6.42 Å². The van der Waals surface area contributed by atoms with Crippen molar-refractivity contribution >= 4 is 10.0 Å². The van der Waals surface area contributed by atoms with Gasteiger partial charge < -0.3 is 9.73 Å². The Morgan fingerprint density at radius 2 is 2.26 bits per heavy atom. The zero-order valence-corrected chi connectivity index (χ0v) is 12.2. The minimum absolute atomic E-state index is 0.206. The molecule has 2 atom stereocenters. The van der Waals surface area contributed by atoms with Crippen molar-refractivity contribution in [1.82, 2.24) is 9.62 Å². The van der Waals surface area contributed by atoms with Gasteiger partial charge in [-0.15, -0.1) is 0 Å². The van der Waals surface area contributed by atoms with E-state index in [0.717, 1.165) is 12.8 Å². The Hall–Kier alpha value is -0.850. The van der Waals surface area contributed by atoms with Crippen LogP contribution in [0.2, 0.25) is 0 Å². The quantitative estimate of drug-likeness (QED) is 0.909. The molecule has 1 aromatic heterocycles. The monoisotopic (exact) mass is 284 g/mol. The fourth-order valence-electron chi connectivity index (χ4n) is 3.34. The fourth-order valence-corrected chi connectivity index (χ4v) is 5.27. The molecule has 2 bridgehead atoms. The molecule has 0 spiro atoms. The summed E-state index contributed by atoms with van der Waals surface area (Å²) in [5.41, 5.74) is 0. The van der Waals surface area contributed by atoms with Crippen molar-refractivity contribution in [2.24, 2.45) is 5.92 Å². The second kappa shape index (κ2) is 4.61. The van der Waals surface area contributed by atoms with Crippen LogP contribution in [0.3, 0.4) is 0 Å². The molecule has 19 heavy (non-hydrogen) atoms. The Labute approximate surface area is 114 Å².